The molecule has 3 aromatic carbocycles. The van der Waals surface area contributed by atoms with Crippen LogP contribution in [0.1, 0.15) is 33.4 Å². The van der Waals surface area contributed by atoms with E-state index in [0.717, 1.165) is 22.2 Å². The first-order valence-electron chi connectivity index (χ1n) is 10.5. The number of carbonyl (C=O) groups is 1. The number of hydrogen-bond donors (Lipinski definition) is 0. The van der Waals surface area contributed by atoms with Gasteiger partial charge in [0, 0.05) is 0 Å². The number of aryl methyl sites for hydroxylation is 6. The summed E-state index contributed by atoms with van der Waals surface area (Å²) in [5.41, 5.74) is 13.5. The van der Waals surface area contributed by atoms with E-state index in [1.54, 1.807) is 0 Å². The number of nitrogens with zero attached hydrogens (tertiary/aromatic N) is 2. The van der Waals surface area contributed by atoms with Crippen molar-refractivity contribution in [2.24, 2.45) is 0 Å². The van der Waals surface area contributed by atoms with Crippen LogP contribution >= 0.6 is 0 Å². The van der Waals surface area contributed by atoms with Gasteiger partial charge in [-0.15, -0.1) is 0 Å². The smallest absolute Gasteiger partial charge is 0.419 e. The number of ether oxygens (including phenoxy) is 1. The lowest BCUT2D eigenvalue weighted by Crippen LogP contribution is -2.09. The minimum atomic E-state index is -0.443. The number of aromatic nitrogens is 2. The van der Waals surface area contributed by atoms with Crippen LogP contribution in [0.15, 0.2) is 42.7 Å². The van der Waals surface area contributed by atoms with Crippen LogP contribution in [0.2, 0.25) is 0 Å². The summed E-state index contributed by atoms with van der Waals surface area (Å²) in [6, 6.07) is 13.0. The molecule has 0 amide bonds. The predicted octanol–water partition coefficient (Wildman–Crippen LogP) is 6.84. The van der Waals surface area contributed by atoms with Crippen molar-refractivity contribution in [3.8, 4) is 22.3 Å². The Hall–Kier alpha value is -3.40. The maximum absolute atomic E-state index is 12.3. The molecule has 0 spiro atoms. The van der Waals surface area contributed by atoms with Gasteiger partial charge in [0.2, 0.25) is 0 Å². The number of hydrogen-bond acceptors (Lipinski definition) is 3. The van der Waals surface area contributed by atoms with Crippen molar-refractivity contribution in [1.82, 2.24) is 9.55 Å². The van der Waals surface area contributed by atoms with Gasteiger partial charge in [0.25, 0.3) is 0 Å². The van der Waals surface area contributed by atoms with Crippen LogP contribution in [0.3, 0.4) is 0 Å². The first-order valence-corrected chi connectivity index (χ1v) is 10.5. The van der Waals surface area contributed by atoms with Crippen LogP contribution in [0.5, 0.6) is 0 Å². The van der Waals surface area contributed by atoms with Gasteiger partial charge in [0.15, 0.2) is 0 Å². The van der Waals surface area contributed by atoms with Crippen LogP contribution in [-0.4, -0.2) is 22.8 Å². The third-order valence-corrected chi connectivity index (χ3v) is 5.95. The van der Waals surface area contributed by atoms with E-state index in [2.05, 4.69) is 82.9 Å². The predicted molar refractivity (Wildman–Crippen MR) is 127 cm³/mol. The Morgan fingerprint density at radius 2 is 1.19 bits per heavy atom. The van der Waals surface area contributed by atoms with Gasteiger partial charge in [-0.3, -0.25) is 0 Å². The average Bonchev–Trinajstić information content (AvgIpc) is 3.08. The minimum Gasteiger partial charge on any atom is -0.452 e. The normalized spacial score (nSPS) is 11.2. The summed E-state index contributed by atoms with van der Waals surface area (Å²) >= 11 is 0. The van der Waals surface area contributed by atoms with Gasteiger partial charge in [0.1, 0.15) is 6.33 Å². The molecule has 0 aliphatic heterocycles. The second kappa shape index (κ2) is 7.69. The second-order valence-corrected chi connectivity index (χ2v) is 8.52. The Balaban J connectivity index is 2.14. The molecule has 0 saturated carbocycles. The Bertz CT molecular complexity index is 1300. The maximum atomic E-state index is 12.3. The van der Waals surface area contributed by atoms with Gasteiger partial charge in [-0.1, -0.05) is 35.4 Å². The van der Waals surface area contributed by atoms with Gasteiger partial charge in [-0.2, -0.15) is 0 Å². The van der Waals surface area contributed by atoms with E-state index in [1.807, 2.05) is 0 Å². The van der Waals surface area contributed by atoms with Gasteiger partial charge < -0.3 is 4.74 Å². The van der Waals surface area contributed by atoms with Gasteiger partial charge in [0.05, 0.1) is 18.1 Å². The number of rotatable bonds is 2. The van der Waals surface area contributed by atoms with E-state index in [9.17, 15) is 4.79 Å². The highest BCUT2D eigenvalue weighted by Crippen LogP contribution is 2.41. The monoisotopic (exact) mass is 412 g/mol. The third-order valence-electron chi connectivity index (χ3n) is 5.95. The highest BCUT2D eigenvalue weighted by atomic mass is 16.5. The molecule has 158 valence electrons. The Morgan fingerprint density at radius 1 is 0.742 bits per heavy atom. The van der Waals surface area contributed by atoms with Crippen molar-refractivity contribution < 1.29 is 9.53 Å². The number of carbonyl (C=O) groups excluding carboxylic acids is 1. The largest absolute Gasteiger partial charge is 0.452 e. The van der Waals surface area contributed by atoms with Gasteiger partial charge in [-0.05, 0) is 98.2 Å². The second-order valence-electron chi connectivity index (χ2n) is 8.52. The molecule has 0 radical (unpaired) electrons. The summed E-state index contributed by atoms with van der Waals surface area (Å²) in [7, 11) is 1.39. The SMILES string of the molecule is COC(=O)n1cnc2cc(-c3c(C)cc(C)cc3C)c(-c3c(C)cc(C)cc3C)cc21. The molecule has 0 aliphatic rings. The zero-order chi connectivity index (χ0) is 22.4. The van der Waals surface area contributed by atoms with Crippen LogP contribution in [0.4, 0.5) is 4.79 Å². The fourth-order valence-corrected chi connectivity index (χ4v) is 4.92. The summed E-state index contributed by atoms with van der Waals surface area (Å²) in [5.74, 6) is 0. The Morgan fingerprint density at radius 3 is 1.65 bits per heavy atom. The number of methoxy groups -OCH3 is 1. The van der Waals surface area contributed by atoms with E-state index < -0.39 is 6.09 Å². The highest BCUT2D eigenvalue weighted by molar-refractivity contribution is 5.98. The van der Waals surface area contributed by atoms with Crippen molar-refractivity contribution in [3.63, 3.8) is 0 Å². The summed E-state index contributed by atoms with van der Waals surface area (Å²) in [6.07, 6.45) is 1.09. The zero-order valence-electron chi connectivity index (χ0n) is 19.3. The minimum absolute atomic E-state index is 0.443. The molecule has 4 rings (SSSR count). The first-order chi connectivity index (χ1) is 14.7. The molecule has 4 aromatic rings. The molecular formula is C27H28N2O2. The summed E-state index contributed by atoms with van der Waals surface area (Å²) in [5, 5.41) is 0. The first kappa shape index (κ1) is 20.9. The number of imidazole rings is 1. The van der Waals surface area contributed by atoms with E-state index in [1.165, 1.54) is 62.5 Å². The number of benzene rings is 3. The van der Waals surface area contributed by atoms with Crippen molar-refractivity contribution >= 4 is 17.1 Å². The van der Waals surface area contributed by atoms with Crippen LogP contribution in [-0.2, 0) is 4.74 Å². The lowest BCUT2D eigenvalue weighted by Gasteiger charge is -2.20. The standard InChI is InChI=1S/C27H28N2O2/c1-15-8-17(3)25(18(4)9-15)21-12-23-24(29(14-28-23)27(30)31-7)13-22(21)26-19(5)10-16(2)11-20(26)6/h8-14H,1-7H3. The molecule has 0 unspecified atom stereocenters. The zero-order valence-corrected chi connectivity index (χ0v) is 19.3. The molecule has 1 heterocycles. The highest BCUT2D eigenvalue weighted by Gasteiger charge is 2.20. The van der Waals surface area contributed by atoms with Crippen LogP contribution in [0, 0.1) is 41.5 Å². The molecule has 4 heteroatoms. The lowest BCUT2D eigenvalue weighted by molar-refractivity contribution is 0.174. The van der Waals surface area contributed by atoms with Crippen LogP contribution in [0.25, 0.3) is 33.3 Å². The van der Waals surface area contributed by atoms with Crippen molar-refractivity contribution in [3.05, 3.63) is 76.1 Å². The summed E-state index contributed by atoms with van der Waals surface area (Å²) in [4.78, 5) is 16.8. The summed E-state index contributed by atoms with van der Waals surface area (Å²) in [6.45, 7) is 12.9. The molecule has 0 fully saturated rings. The van der Waals surface area contributed by atoms with Crippen LogP contribution < -0.4 is 0 Å². The molecule has 31 heavy (non-hydrogen) atoms. The molecule has 0 atom stereocenters. The molecular weight excluding hydrogens is 384 g/mol. The van der Waals surface area contributed by atoms with Gasteiger partial charge in [-0.25, -0.2) is 14.3 Å². The fraction of sp³-hybridized carbons (Fsp3) is 0.259. The molecule has 0 N–H and O–H groups in total. The van der Waals surface area contributed by atoms with Crippen molar-refractivity contribution in [2.75, 3.05) is 7.11 Å². The van der Waals surface area contributed by atoms with E-state index in [0.29, 0.717) is 0 Å². The quantitative estimate of drug-likeness (QED) is 0.362. The Kier molecular flexibility index (Phi) is 5.18. The maximum Gasteiger partial charge on any atom is 0.419 e. The third kappa shape index (κ3) is 3.52. The fourth-order valence-electron chi connectivity index (χ4n) is 4.92. The van der Waals surface area contributed by atoms with E-state index in [-0.39, 0.29) is 0 Å². The molecule has 0 aliphatic carbocycles. The van der Waals surface area contributed by atoms with E-state index in [4.69, 9.17) is 4.74 Å². The van der Waals surface area contributed by atoms with E-state index >= 15 is 0 Å². The van der Waals surface area contributed by atoms with Crippen molar-refractivity contribution in [2.45, 2.75) is 41.5 Å². The number of fused-ring (bicyclic) bond motifs is 1. The van der Waals surface area contributed by atoms with Gasteiger partial charge >= 0.3 is 6.09 Å². The lowest BCUT2D eigenvalue weighted by atomic mass is 9.85. The molecule has 1 aromatic heterocycles. The topological polar surface area (TPSA) is 44.1 Å². The van der Waals surface area contributed by atoms with Crippen molar-refractivity contribution in [1.29, 1.82) is 0 Å². The molecule has 4 nitrogen and oxygen atoms in total. The molecule has 0 saturated heterocycles. The Labute approximate surface area is 183 Å². The summed E-state index contributed by atoms with van der Waals surface area (Å²) < 4.78 is 6.43. The average molecular weight is 413 g/mol. The molecule has 0 bridgehead atoms.